The predicted molar refractivity (Wildman–Crippen MR) is 71.4 cm³/mol. The van der Waals surface area contributed by atoms with Crippen LogP contribution in [0.3, 0.4) is 0 Å². The van der Waals surface area contributed by atoms with Crippen molar-refractivity contribution in [3.8, 4) is 5.75 Å². The minimum Gasteiger partial charge on any atom is -0.505 e. The van der Waals surface area contributed by atoms with E-state index >= 15 is 0 Å². The molecule has 0 aromatic heterocycles. The third kappa shape index (κ3) is 3.06. The van der Waals surface area contributed by atoms with Crippen LogP contribution in [0, 0.1) is 11.2 Å². The van der Waals surface area contributed by atoms with Crippen LogP contribution in [-0.2, 0) is 11.3 Å². The summed E-state index contributed by atoms with van der Waals surface area (Å²) in [4.78, 5) is 11.2. The zero-order chi connectivity index (χ0) is 14.2. The number of halogens is 2. The van der Waals surface area contributed by atoms with Gasteiger partial charge in [0.15, 0.2) is 11.6 Å². The van der Waals surface area contributed by atoms with Crippen molar-refractivity contribution in [2.45, 2.75) is 32.4 Å². The Morgan fingerprint density at radius 3 is 2.74 bits per heavy atom. The Balaban J connectivity index is 2.11. The van der Waals surface area contributed by atoms with Gasteiger partial charge in [0.25, 0.3) is 0 Å². The van der Waals surface area contributed by atoms with E-state index in [2.05, 4.69) is 21.2 Å². The summed E-state index contributed by atoms with van der Waals surface area (Å²) < 4.78 is 13.8. The highest BCUT2D eigenvalue weighted by Crippen LogP contribution is 2.48. The molecule has 0 bridgehead atoms. The van der Waals surface area contributed by atoms with Crippen molar-refractivity contribution in [3.63, 3.8) is 0 Å². The highest BCUT2D eigenvalue weighted by Gasteiger charge is 2.48. The van der Waals surface area contributed by atoms with Crippen LogP contribution in [-0.4, -0.2) is 22.2 Å². The molecule has 2 rings (SSSR count). The maximum Gasteiger partial charge on any atom is 0.321 e. The number of aliphatic carboxylic acids is 1. The van der Waals surface area contributed by atoms with E-state index in [1.807, 2.05) is 6.92 Å². The fourth-order valence-corrected chi connectivity index (χ4v) is 2.56. The van der Waals surface area contributed by atoms with E-state index in [-0.39, 0.29) is 12.0 Å². The summed E-state index contributed by atoms with van der Waals surface area (Å²) >= 11 is 3.14. The monoisotopic (exact) mass is 331 g/mol. The van der Waals surface area contributed by atoms with E-state index < -0.39 is 23.6 Å². The van der Waals surface area contributed by atoms with Gasteiger partial charge >= 0.3 is 5.97 Å². The van der Waals surface area contributed by atoms with E-state index in [9.17, 15) is 19.4 Å². The number of hydrogen-bond acceptors (Lipinski definition) is 3. The number of phenols is 1. The molecule has 4 nitrogen and oxygen atoms in total. The molecule has 1 aliphatic carbocycles. The number of nitrogens with one attached hydrogen (secondary N) is 1. The van der Waals surface area contributed by atoms with Crippen molar-refractivity contribution in [1.82, 2.24) is 5.32 Å². The second kappa shape index (κ2) is 5.09. The molecule has 0 amide bonds. The van der Waals surface area contributed by atoms with Crippen LogP contribution in [0.1, 0.15) is 25.3 Å². The number of benzene rings is 1. The maximum atomic E-state index is 13.3. The van der Waals surface area contributed by atoms with Crippen LogP contribution >= 0.6 is 15.9 Å². The maximum absolute atomic E-state index is 13.3. The first-order chi connectivity index (χ1) is 8.83. The summed E-state index contributed by atoms with van der Waals surface area (Å²) in [5, 5.41) is 21.7. The molecule has 1 aromatic carbocycles. The van der Waals surface area contributed by atoms with Crippen LogP contribution in [0.5, 0.6) is 5.75 Å². The van der Waals surface area contributed by atoms with Gasteiger partial charge in [-0.3, -0.25) is 10.1 Å². The lowest BCUT2D eigenvalue weighted by molar-refractivity contribution is -0.141. The summed E-state index contributed by atoms with van der Waals surface area (Å²) in [5.41, 5.74) is 0.0915. The van der Waals surface area contributed by atoms with Gasteiger partial charge in [-0.05, 0) is 30.4 Å². The second-order valence-electron chi connectivity index (χ2n) is 5.20. The first-order valence-electron chi connectivity index (χ1n) is 5.96. The van der Waals surface area contributed by atoms with Crippen molar-refractivity contribution < 1.29 is 19.4 Å². The van der Waals surface area contributed by atoms with Gasteiger partial charge in [0.1, 0.15) is 6.04 Å². The number of aromatic hydroxyl groups is 1. The van der Waals surface area contributed by atoms with Crippen LogP contribution in [0.15, 0.2) is 16.6 Å². The lowest BCUT2D eigenvalue weighted by Gasteiger charge is -2.21. The highest BCUT2D eigenvalue weighted by atomic mass is 79.9. The van der Waals surface area contributed by atoms with Crippen molar-refractivity contribution in [2.75, 3.05) is 0 Å². The van der Waals surface area contributed by atoms with Gasteiger partial charge in [-0.15, -0.1) is 0 Å². The van der Waals surface area contributed by atoms with E-state index in [1.54, 1.807) is 6.07 Å². The SMILES string of the molecule is CC1(C(NCc2cc(Br)cc(F)c2O)C(=O)O)CC1. The lowest BCUT2D eigenvalue weighted by Crippen LogP contribution is -2.42. The van der Waals surface area contributed by atoms with Crippen molar-refractivity contribution in [3.05, 3.63) is 28.0 Å². The molecule has 1 aliphatic rings. The van der Waals surface area contributed by atoms with E-state index in [1.165, 1.54) is 0 Å². The summed E-state index contributed by atoms with van der Waals surface area (Å²) in [7, 11) is 0. The van der Waals surface area contributed by atoms with Crippen molar-refractivity contribution in [2.24, 2.45) is 5.41 Å². The van der Waals surface area contributed by atoms with E-state index in [0.29, 0.717) is 10.0 Å². The molecule has 0 heterocycles. The van der Waals surface area contributed by atoms with Gasteiger partial charge in [-0.1, -0.05) is 22.9 Å². The van der Waals surface area contributed by atoms with Gasteiger partial charge < -0.3 is 10.2 Å². The number of carboxylic acids is 1. The summed E-state index contributed by atoms with van der Waals surface area (Å²) in [5.74, 6) is -2.09. The molecule has 1 fully saturated rings. The average molecular weight is 332 g/mol. The topological polar surface area (TPSA) is 69.6 Å². The van der Waals surface area contributed by atoms with Gasteiger partial charge in [-0.25, -0.2) is 4.39 Å². The number of rotatable bonds is 5. The number of carboxylic acid groups (broad SMARTS) is 1. The predicted octanol–water partition coefficient (Wildman–Crippen LogP) is 2.64. The molecule has 1 saturated carbocycles. The molecule has 19 heavy (non-hydrogen) atoms. The molecule has 0 aliphatic heterocycles. The largest absolute Gasteiger partial charge is 0.505 e. The molecule has 3 N–H and O–H groups in total. The number of phenolic OH excluding ortho intramolecular Hbond substituents is 1. The van der Waals surface area contributed by atoms with Gasteiger partial charge in [0.05, 0.1) is 0 Å². The van der Waals surface area contributed by atoms with Crippen LogP contribution < -0.4 is 5.32 Å². The van der Waals surface area contributed by atoms with Crippen molar-refractivity contribution >= 4 is 21.9 Å². The molecular weight excluding hydrogens is 317 g/mol. The fraction of sp³-hybridized carbons (Fsp3) is 0.462. The number of carbonyl (C=O) groups is 1. The molecule has 1 unspecified atom stereocenters. The van der Waals surface area contributed by atoms with Crippen LogP contribution in [0.25, 0.3) is 0 Å². The molecule has 1 atom stereocenters. The van der Waals surface area contributed by atoms with Crippen LogP contribution in [0.4, 0.5) is 4.39 Å². The van der Waals surface area contributed by atoms with Gasteiger partial charge in [0.2, 0.25) is 0 Å². The smallest absolute Gasteiger partial charge is 0.321 e. The third-order valence-corrected chi connectivity index (χ3v) is 4.04. The zero-order valence-electron chi connectivity index (χ0n) is 10.4. The molecule has 104 valence electrons. The Bertz CT molecular complexity index is 517. The molecular formula is C13H15BrFNO3. The van der Waals surface area contributed by atoms with Crippen molar-refractivity contribution in [1.29, 1.82) is 0 Å². The minimum atomic E-state index is -0.921. The summed E-state index contributed by atoms with van der Waals surface area (Å²) in [6.45, 7) is 2.01. The average Bonchev–Trinajstić information content (AvgIpc) is 3.03. The first kappa shape index (κ1) is 14.3. The van der Waals surface area contributed by atoms with Gasteiger partial charge in [0, 0.05) is 16.6 Å². The Morgan fingerprint density at radius 2 is 2.21 bits per heavy atom. The normalized spacial score (nSPS) is 18.1. The fourth-order valence-electron chi connectivity index (χ4n) is 2.08. The van der Waals surface area contributed by atoms with E-state index in [0.717, 1.165) is 18.9 Å². The standard InChI is InChI=1S/C13H15BrFNO3/c1-13(2-3-13)11(12(18)19)16-6-7-4-8(14)5-9(15)10(7)17/h4-5,11,16-17H,2-3,6H2,1H3,(H,18,19). The van der Waals surface area contributed by atoms with E-state index in [4.69, 9.17) is 0 Å². The third-order valence-electron chi connectivity index (χ3n) is 3.59. The molecule has 0 spiro atoms. The first-order valence-corrected chi connectivity index (χ1v) is 6.76. The van der Waals surface area contributed by atoms with Gasteiger partial charge in [-0.2, -0.15) is 0 Å². The minimum absolute atomic E-state index is 0.106. The summed E-state index contributed by atoms with van der Waals surface area (Å²) in [6.07, 6.45) is 1.71. The highest BCUT2D eigenvalue weighted by molar-refractivity contribution is 9.10. The lowest BCUT2D eigenvalue weighted by atomic mass is 9.98. The molecule has 6 heteroatoms. The number of hydrogen-bond donors (Lipinski definition) is 3. The zero-order valence-corrected chi connectivity index (χ0v) is 12.0. The van der Waals surface area contributed by atoms with Crippen LogP contribution in [0.2, 0.25) is 0 Å². The Hall–Kier alpha value is -1.14. The molecule has 0 saturated heterocycles. The summed E-state index contributed by atoms with van der Waals surface area (Å²) in [6, 6.07) is 2.05. The Morgan fingerprint density at radius 1 is 1.58 bits per heavy atom. The Kier molecular flexibility index (Phi) is 3.82. The molecule has 0 radical (unpaired) electrons. The second-order valence-corrected chi connectivity index (χ2v) is 6.12. The Labute approximate surface area is 118 Å². The molecule has 1 aromatic rings. The quantitative estimate of drug-likeness (QED) is 0.775.